The number of pyridine rings is 1. The van der Waals surface area contributed by atoms with Crippen molar-refractivity contribution in [1.82, 2.24) is 15.1 Å². The van der Waals surface area contributed by atoms with Crippen LogP contribution in [0.3, 0.4) is 0 Å². The molecule has 2 aliphatic rings. The van der Waals surface area contributed by atoms with Crippen LogP contribution in [0.25, 0.3) is 0 Å². The van der Waals surface area contributed by atoms with Crippen molar-refractivity contribution in [2.45, 2.75) is 43.9 Å². The summed E-state index contributed by atoms with van der Waals surface area (Å²) < 4.78 is 33.9. The van der Waals surface area contributed by atoms with Crippen molar-refractivity contribution in [3.63, 3.8) is 0 Å². The predicted molar refractivity (Wildman–Crippen MR) is 108 cm³/mol. The second kappa shape index (κ2) is 8.30. The first-order valence-corrected chi connectivity index (χ1v) is 12.2. The molecule has 2 atom stereocenters. The zero-order chi connectivity index (χ0) is 20.4. The Hall–Kier alpha value is -2.16. The molecule has 2 aromatic heterocycles. The summed E-state index contributed by atoms with van der Waals surface area (Å²) in [7, 11) is -3.22. The zero-order valence-corrected chi connectivity index (χ0v) is 17.8. The lowest BCUT2D eigenvalue weighted by Crippen LogP contribution is -2.35. The van der Waals surface area contributed by atoms with E-state index in [1.165, 1.54) is 31.7 Å². The maximum atomic E-state index is 11.5. The van der Waals surface area contributed by atoms with Crippen LogP contribution in [0.1, 0.15) is 38.5 Å². The molecule has 1 aliphatic heterocycles. The molecule has 1 aliphatic carbocycles. The molecule has 0 N–H and O–H groups in total. The number of aryl methyl sites for hydroxylation is 1. The lowest BCUT2D eigenvalue weighted by Gasteiger charge is -2.31. The summed E-state index contributed by atoms with van der Waals surface area (Å²) in [5.74, 6) is 4.19. The first kappa shape index (κ1) is 20.1. The van der Waals surface area contributed by atoms with Crippen LogP contribution in [-0.2, 0) is 16.3 Å². The quantitative estimate of drug-likeness (QED) is 0.643. The Morgan fingerprint density at radius 3 is 2.69 bits per heavy atom. The van der Waals surface area contributed by atoms with Crippen molar-refractivity contribution in [2.24, 2.45) is 17.8 Å². The van der Waals surface area contributed by atoms with Gasteiger partial charge in [-0.3, -0.25) is 0 Å². The van der Waals surface area contributed by atoms with Crippen LogP contribution in [0.15, 0.2) is 27.7 Å². The van der Waals surface area contributed by atoms with Gasteiger partial charge in [-0.2, -0.15) is 4.98 Å². The molecular formula is C20H28N4O4S. The Labute approximate surface area is 171 Å². The molecule has 0 amide bonds. The smallest absolute Gasteiger partial charge is 0.266 e. The van der Waals surface area contributed by atoms with Gasteiger partial charge in [0.2, 0.25) is 11.8 Å². The lowest BCUT2D eigenvalue weighted by atomic mass is 9.90. The second-order valence-corrected chi connectivity index (χ2v) is 10.1. The van der Waals surface area contributed by atoms with Crippen LogP contribution in [0, 0.1) is 17.8 Å². The minimum Gasteiger partial charge on any atom is -0.478 e. The third-order valence-electron chi connectivity index (χ3n) is 6.04. The molecular weight excluding hydrogens is 392 g/mol. The van der Waals surface area contributed by atoms with E-state index >= 15 is 0 Å². The third-order valence-corrected chi connectivity index (χ3v) is 7.14. The highest BCUT2D eigenvalue weighted by Crippen LogP contribution is 2.49. The molecule has 9 heteroatoms. The van der Waals surface area contributed by atoms with E-state index in [1.807, 2.05) is 6.92 Å². The Balaban J connectivity index is 1.17. The standard InChI is InChI=1S/C20H28N4O4S/c1-3-18-22-20(23-28-18)24-9-6-14(7-10-24)17-12-15(17)8-11-27-19-5-4-16(13-21-19)29(2,25)26/h4-5,13-15,17H,3,6-12H2,1-2H3. The summed E-state index contributed by atoms with van der Waals surface area (Å²) in [5.41, 5.74) is 0. The Morgan fingerprint density at radius 2 is 2.07 bits per heavy atom. The molecule has 0 bridgehead atoms. The van der Waals surface area contributed by atoms with E-state index in [0.717, 1.165) is 49.6 Å². The molecule has 2 fully saturated rings. The van der Waals surface area contributed by atoms with Gasteiger partial charge in [0.05, 0.1) is 11.5 Å². The van der Waals surface area contributed by atoms with Gasteiger partial charge in [0.25, 0.3) is 5.95 Å². The second-order valence-electron chi connectivity index (χ2n) is 8.07. The van der Waals surface area contributed by atoms with E-state index in [2.05, 4.69) is 20.0 Å². The molecule has 2 aromatic rings. The molecule has 0 radical (unpaired) electrons. The number of rotatable bonds is 8. The van der Waals surface area contributed by atoms with Gasteiger partial charge in [-0.15, -0.1) is 0 Å². The lowest BCUT2D eigenvalue weighted by molar-refractivity contribution is 0.275. The van der Waals surface area contributed by atoms with Crippen LogP contribution in [-0.4, -0.2) is 49.5 Å². The van der Waals surface area contributed by atoms with E-state index in [9.17, 15) is 8.42 Å². The molecule has 29 heavy (non-hydrogen) atoms. The summed E-state index contributed by atoms with van der Waals surface area (Å²) in [4.78, 5) is 11.0. The average molecular weight is 421 g/mol. The predicted octanol–water partition coefficient (Wildman–Crippen LogP) is 2.75. The number of aromatic nitrogens is 3. The molecule has 158 valence electrons. The summed E-state index contributed by atoms with van der Waals surface area (Å²) in [6.07, 6.45) is 7.94. The van der Waals surface area contributed by atoms with Gasteiger partial charge in [0.1, 0.15) is 0 Å². The van der Waals surface area contributed by atoms with E-state index in [-0.39, 0.29) is 4.90 Å². The SMILES string of the molecule is CCc1nc(N2CCC(C3CC3CCOc3ccc(S(C)(=O)=O)cn3)CC2)no1. The van der Waals surface area contributed by atoms with Gasteiger partial charge in [0.15, 0.2) is 9.84 Å². The topological polar surface area (TPSA) is 98.4 Å². The summed E-state index contributed by atoms with van der Waals surface area (Å²) in [5, 5.41) is 4.08. The highest BCUT2D eigenvalue weighted by molar-refractivity contribution is 7.90. The number of hydrogen-bond donors (Lipinski definition) is 0. The van der Waals surface area contributed by atoms with Crippen molar-refractivity contribution in [3.05, 3.63) is 24.2 Å². The van der Waals surface area contributed by atoms with Gasteiger partial charge < -0.3 is 14.2 Å². The maximum Gasteiger partial charge on any atom is 0.266 e. The summed E-state index contributed by atoms with van der Waals surface area (Å²) in [6.45, 7) is 4.61. The van der Waals surface area contributed by atoms with Crippen molar-refractivity contribution in [1.29, 1.82) is 0 Å². The number of sulfone groups is 1. The van der Waals surface area contributed by atoms with Gasteiger partial charge >= 0.3 is 0 Å². The van der Waals surface area contributed by atoms with Gasteiger partial charge in [-0.05, 0) is 54.7 Å². The molecule has 0 spiro atoms. The average Bonchev–Trinajstić information content (AvgIpc) is 3.32. The Morgan fingerprint density at radius 1 is 1.28 bits per heavy atom. The van der Waals surface area contributed by atoms with Crippen LogP contribution >= 0.6 is 0 Å². The van der Waals surface area contributed by atoms with Gasteiger partial charge in [0, 0.05) is 38.0 Å². The molecule has 4 rings (SSSR count). The van der Waals surface area contributed by atoms with E-state index in [0.29, 0.717) is 18.4 Å². The maximum absolute atomic E-state index is 11.5. The Bertz CT molecular complexity index is 920. The number of nitrogens with zero attached hydrogens (tertiary/aromatic N) is 4. The first-order chi connectivity index (χ1) is 13.9. The monoisotopic (exact) mass is 420 g/mol. The number of anilines is 1. The fourth-order valence-electron chi connectivity index (χ4n) is 4.21. The highest BCUT2D eigenvalue weighted by Gasteiger charge is 2.43. The third kappa shape index (κ3) is 4.88. The molecule has 1 saturated heterocycles. The molecule has 8 nitrogen and oxygen atoms in total. The zero-order valence-electron chi connectivity index (χ0n) is 17.0. The highest BCUT2D eigenvalue weighted by atomic mass is 32.2. The number of piperidine rings is 1. The van der Waals surface area contributed by atoms with Crippen molar-refractivity contribution < 1.29 is 17.7 Å². The van der Waals surface area contributed by atoms with Crippen molar-refractivity contribution in [2.75, 3.05) is 30.9 Å². The Kier molecular flexibility index (Phi) is 5.76. The fourth-order valence-corrected chi connectivity index (χ4v) is 4.77. The van der Waals surface area contributed by atoms with Crippen LogP contribution in [0.2, 0.25) is 0 Å². The molecule has 2 unspecified atom stereocenters. The van der Waals surface area contributed by atoms with Crippen molar-refractivity contribution in [3.8, 4) is 5.88 Å². The number of hydrogen-bond acceptors (Lipinski definition) is 8. The van der Waals surface area contributed by atoms with Gasteiger partial charge in [-0.25, -0.2) is 13.4 Å². The fraction of sp³-hybridized carbons (Fsp3) is 0.650. The van der Waals surface area contributed by atoms with Crippen LogP contribution in [0.5, 0.6) is 5.88 Å². The molecule has 3 heterocycles. The van der Waals surface area contributed by atoms with E-state index < -0.39 is 9.84 Å². The van der Waals surface area contributed by atoms with E-state index in [4.69, 9.17) is 9.26 Å². The summed E-state index contributed by atoms with van der Waals surface area (Å²) >= 11 is 0. The minimum absolute atomic E-state index is 0.213. The largest absolute Gasteiger partial charge is 0.478 e. The first-order valence-electron chi connectivity index (χ1n) is 10.3. The van der Waals surface area contributed by atoms with Gasteiger partial charge in [-0.1, -0.05) is 6.92 Å². The molecule has 0 aromatic carbocycles. The molecule has 1 saturated carbocycles. The van der Waals surface area contributed by atoms with Crippen LogP contribution in [0.4, 0.5) is 5.95 Å². The number of ether oxygens (including phenoxy) is 1. The van der Waals surface area contributed by atoms with Crippen molar-refractivity contribution >= 4 is 15.8 Å². The van der Waals surface area contributed by atoms with E-state index in [1.54, 1.807) is 12.1 Å². The normalized spacial score (nSPS) is 22.6. The van der Waals surface area contributed by atoms with Crippen LogP contribution < -0.4 is 9.64 Å². The minimum atomic E-state index is -3.22. The summed E-state index contributed by atoms with van der Waals surface area (Å²) in [6, 6.07) is 3.16.